The van der Waals surface area contributed by atoms with E-state index in [4.69, 9.17) is 5.73 Å². The minimum Gasteiger partial charge on any atom is -0.388 e. The Labute approximate surface area is 85.0 Å². The smallest absolute Gasteiger partial charge is 0.0341 e. The molecule has 0 aliphatic carbocycles. The average molecular weight is 191 g/mol. The van der Waals surface area contributed by atoms with Crippen molar-refractivity contribution >= 4 is 11.4 Å². The number of hydrogen-bond acceptors (Lipinski definition) is 3. The first-order chi connectivity index (χ1) is 6.77. The highest BCUT2D eigenvalue weighted by molar-refractivity contribution is 5.63. The third-order valence-electron chi connectivity index (χ3n) is 2.01. The molecule has 1 rings (SSSR count). The van der Waals surface area contributed by atoms with Crippen molar-refractivity contribution in [3.8, 4) is 0 Å². The van der Waals surface area contributed by atoms with Gasteiger partial charge < -0.3 is 16.4 Å². The quantitative estimate of drug-likeness (QED) is 0.656. The molecule has 0 aliphatic rings. The maximum absolute atomic E-state index is 5.39. The topological polar surface area (TPSA) is 50.1 Å². The summed E-state index contributed by atoms with van der Waals surface area (Å²) in [6, 6.07) is 8.09. The largest absolute Gasteiger partial charge is 0.388 e. The summed E-state index contributed by atoms with van der Waals surface area (Å²) in [5, 5.41) is 6.21. The molecule has 0 saturated carbocycles. The van der Waals surface area contributed by atoms with E-state index in [-0.39, 0.29) is 0 Å². The summed E-state index contributed by atoms with van der Waals surface area (Å²) >= 11 is 0. The van der Waals surface area contributed by atoms with Crippen molar-refractivity contribution in [2.45, 2.75) is 0 Å². The number of nitrogens with two attached hydrogens (primary N) is 1. The summed E-state index contributed by atoms with van der Waals surface area (Å²) in [7, 11) is 1.86. The van der Waals surface area contributed by atoms with Crippen LogP contribution >= 0.6 is 0 Å². The van der Waals surface area contributed by atoms with Crippen molar-refractivity contribution in [2.24, 2.45) is 5.73 Å². The van der Waals surface area contributed by atoms with Gasteiger partial charge in [-0.05, 0) is 17.7 Å². The van der Waals surface area contributed by atoms with Gasteiger partial charge in [0.2, 0.25) is 0 Å². The Hall–Kier alpha value is -1.48. The van der Waals surface area contributed by atoms with Gasteiger partial charge in [-0.3, -0.25) is 0 Å². The van der Waals surface area contributed by atoms with Gasteiger partial charge in [0.1, 0.15) is 0 Å². The average Bonchev–Trinajstić information content (AvgIpc) is 2.26. The SMILES string of the molecule is C=C(NC)c1ccc(NCCN)cc1. The van der Waals surface area contributed by atoms with Crippen LogP contribution in [0.4, 0.5) is 5.69 Å². The minimum absolute atomic E-state index is 0.644. The standard InChI is InChI=1S/C11H17N3/c1-9(13-2)10-3-5-11(6-4-10)14-8-7-12/h3-6,13-14H,1,7-8,12H2,2H3. The van der Waals surface area contributed by atoms with E-state index < -0.39 is 0 Å². The molecule has 76 valence electrons. The fourth-order valence-corrected chi connectivity index (χ4v) is 1.15. The Balaban J connectivity index is 2.63. The molecule has 0 saturated heterocycles. The Kier molecular flexibility index (Phi) is 4.01. The molecular weight excluding hydrogens is 174 g/mol. The Morgan fingerprint density at radius 1 is 1.36 bits per heavy atom. The van der Waals surface area contributed by atoms with Crippen LogP contribution in [0.3, 0.4) is 0 Å². The number of benzene rings is 1. The molecule has 0 amide bonds. The van der Waals surface area contributed by atoms with E-state index in [1.807, 2.05) is 31.3 Å². The summed E-state index contributed by atoms with van der Waals surface area (Å²) in [4.78, 5) is 0. The van der Waals surface area contributed by atoms with Crippen LogP contribution in [-0.4, -0.2) is 20.1 Å². The molecule has 4 N–H and O–H groups in total. The molecule has 0 aliphatic heterocycles. The second-order valence-electron chi connectivity index (χ2n) is 3.02. The van der Waals surface area contributed by atoms with Crippen molar-refractivity contribution in [1.29, 1.82) is 0 Å². The highest BCUT2D eigenvalue weighted by Gasteiger charge is 1.95. The predicted octanol–water partition coefficient (Wildman–Crippen LogP) is 1.25. The van der Waals surface area contributed by atoms with Crippen LogP contribution in [0.1, 0.15) is 5.56 Å². The van der Waals surface area contributed by atoms with Gasteiger partial charge in [-0.1, -0.05) is 18.7 Å². The fourth-order valence-electron chi connectivity index (χ4n) is 1.15. The number of anilines is 1. The van der Waals surface area contributed by atoms with Crippen molar-refractivity contribution in [3.05, 3.63) is 36.4 Å². The summed E-state index contributed by atoms with van der Waals surface area (Å²) in [5.41, 5.74) is 8.50. The van der Waals surface area contributed by atoms with Gasteiger partial charge in [0.05, 0.1) is 0 Å². The highest BCUT2D eigenvalue weighted by atomic mass is 14.9. The van der Waals surface area contributed by atoms with Crippen molar-refractivity contribution in [2.75, 3.05) is 25.5 Å². The Morgan fingerprint density at radius 2 is 2.00 bits per heavy atom. The lowest BCUT2D eigenvalue weighted by Crippen LogP contribution is -2.13. The van der Waals surface area contributed by atoms with Crippen molar-refractivity contribution in [3.63, 3.8) is 0 Å². The van der Waals surface area contributed by atoms with E-state index in [9.17, 15) is 0 Å². The summed E-state index contributed by atoms with van der Waals surface area (Å²) in [6.07, 6.45) is 0. The lowest BCUT2D eigenvalue weighted by Gasteiger charge is -2.07. The lowest BCUT2D eigenvalue weighted by atomic mass is 10.1. The van der Waals surface area contributed by atoms with Crippen LogP contribution in [-0.2, 0) is 0 Å². The predicted molar refractivity (Wildman–Crippen MR) is 62.1 cm³/mol. The monoisotopic (exact) mass is 191 g/mol. The molecule has 14 heavy (non-hydrogen) atoms. The van der Waals surface area contributed by atoms with E-state index in [2.05, 4.69) is 17.2 Å². The van der Waals surface area contributed by atoms with Gasteiger partial charge in [-0.2, -0.15) is 0 Å². The van der Waals surface area contributed by atoms with Crippen molar-refractivity contribution in [1.82, 2.24) is 5.32 Å². The lowest BCUT2D eigenvalue weighted by molar-refractivity contribution is 1.02. The van der Waals surface area contributed by atoms with Crippen LogP contribution < -0.4 is 16.4 Å². The van der Waals surface area contributed by atoms with Crippen LogP contribution in [0.25, 0.3) is 5.70 Å². The first-order valence-corrected chi connectivity index (χ1v) is 4.69. The summed E-state index contributed by atoms with van der Waals surface area (Å²) in [5.74, 6) is 0. The summed E-state index contributed by atoms with van der Waals surface area (Å²) < 4.78 is 0. The molecule has 0 bridgehead atoms. The molecule has 1 aromatic rings. The second kappa shape index (κ2) is 5.29. The van der Waals surface area contributed by atoms with Gasteiger partial charge in [-0.25, -0.2) is 0 Å². The zero-order valence-electron chi connectivity index (χ0n) is 8.51. The molecule has 0 spiro atoms. The third-order valence-corrected chi connectivity index (χ3v) is 2.01. The van der Waals surface area contributed by atoms with E-state index in [1.54, 1.807) is 0 Å². The molecule has 3 heteroatoms. The third kappa shape index (κ3) is 2.78. The fraction of sp³-hybridized carbons (Fsp3) is 0.273. The number of nitrogens with one attached hydrogen (secondary N) is 2. The highest BCUT2D eigenvalue weighted by Crippen LogP contribution is 2.13. The molecule has 0 atom stereocenters. The molecule has 1 aromatic carbocycles. The number of rotatable bonds is 5. The van der Waals surface area contributed by atoms with E-state index in [0.717, 1.165) is 23.5 Å². The van der Waals surface area contributed by atoms with Gasteiger partial charge >= 0.3 is 0 Å². The van der Waals surface area contributed by atoms with Crippen molar-refractivity contribution < 1.29 is 0 Å². The second-order valence-corrected chi connectivity index (χ2v) is 3.02. The molecule has 0 aromatic heterocycles. The molecular formula is C11H17N3. The number of hydrogen-bond donors (Lipinski definition) is 3. The molecule has 0 unspecified atom stereocenters. The van der Waals surface area contributed by atoms with Crippen LogP contribution in [0.5, 0.6) is 0 Å². The first kappa shape index (κ1) is 10.6. The normalized spacial score (nSPS) is 9.57. The van der Waals surface area contributed by atoms with E-state index >= 15 is 0 Å². The molecule has 0 radical (unpaired) electrons. The van der Waals surface area contributed by atoms with Crippen LogP contribution in [0.15, 0.2) is 30.8 Å². The summed E-state index contributed by atoms with van der Waals surface area (Å²) in [6.45, 7) is 5.33. The maximum Gasteiger partial charge on any atom is 0.0341 e. The zero-order valence-corrected chi connectivity index (χ0v) is 8.51. The molecule has 3 nitrogen and oxygen atoms in total. The molecule has 0 heterocycles. The zero-order chi connectivity index (χ0) is 10.4. The van der Waals surface area contributed by atoms with Gasteiger partial charge in [0.15, 0.2) is 0 Å². The van der Waals surface area contributed by atoms with Crippen LogP contribution in [0.2, 0.25) is 0 Å². The molecule has 0 fully saturated rings. The van der Waals surface area contributed by atoms with Gasteiger partial charge in [0, 0.05) is 31.5 Å². The Bertz CT molecular complexity index is 290. The van der Waals surface area contributed by atoms with E-state index in [0.29, 0.717) is 6.54 Å². The maximum atomic E-state index is 5.39. The Morgan fingerprint density at radius 3 is 2.50 bits per heavy atom. The minimum atomic E-state index is 0.644. The first-order valence-electron chi connectivity index (χ1n) is 4.69. The van der Waals surface area contributed by atoms with Crippen LogP contribution in [0, 0.1) is 0 Å². The van der Waals surface area contributed by atoms with Gasteiger partial charge in [0.25, 0.3) is 0 Å². The van der Waals surface area contributed by atoms with E-state index in [1.165, 1.54) is 0 Å². The van der Waals surface area contributed by atoms with Gasteiger partial charge in [-0.15, -0.1) is 0 Å².